The Bertz CT molecular complexity index is 253. The van der Waals surface area contributed by atoms with Crippen LogP contribution in [0.15, 0.2) is 4.99 Å². The molecule has 1 rings (SSSR count). The molecule has 0 atom stereocenters. The third-order valence-corrected chi connectivity index (χ3v) is 1.44. The van der Waals surface area contributed by atoms with E-state index in [1.807, 2.05) is 0 Å². The van der Waals surface area contributed by atoms with Crippen LogP contribution in [0.5, 0.6) is 0 Å². The number of hydrogen-bond donors (Lipinski definition) is 0. The van der Waals surface area contributed by atoms with Gasteiger partial charge in [-0.15, -0.1) is 15.2 Å². The molecule has 0 spiro atoms. The van der Waals surface area contributed by atoms with E-state index in [0.29, 0.717) is 0 Å². The number of rotatable bonds is 1. The zero-order chi connectivity index (χ0) is 6.69. The zero-order valence-corrected chi connectivity index (χ0v) is 5.61. The lowest BCUT2D eigenvalue weighted by atomic mass is 11.2. The Kier molecular flexibility index (Phi) is 1.89. The molecule has 0 bridgehead atoms. The Balaban J connectivity index is 2.97. The highest BCUT2D eigenvalue weighted by atomic mass is 35.5. The van der Waals surface area contributed by atoms with Gasteiger partial charge in [-0.25, -0.2) is 4.79 Å². The maximum Gasteiger partial charge on any atom is 0.243 e. The van der Waals surface area contributed by atoms with Gasteiger partial charge >= 0.3 is 0 Å². The van der Waals surface area contributed by atoms with Crippen LogP contribution in [0.3, 0.4) is 0 Å². The Morgan fingerprint density at radius 3 is 2.89 bits per heavy atom. The van der Waals surface area contributed by atoms with Crippen molar-refractivity contribution in [3.8, 4) is 0 Å². The number of nitrogens with zero attached hydrogens (tertiary/aromatic N) is 3. The summed E-state index contributed by atoms with van der Waals surface area (Å²) in [5.74, 6) is 0. The molecule has 0 aromatic carbocycles. The van der Waals surface area contributed by atoms with Gasteiger partial charge in [-0.3, -0.25) is 0 Å². The van der Waals surface area contributed by atoms with Crippen molar-refractivity contribution in [3.05, 3.63) is 4.47 Å². The summed E-state index contributed by atoms with van der Waals surface area (Å²) in [6.45, 7) is 0. The van der Waals surface area contributed by atoms with Crippen LogP contribution in [0.4, 0.5) is 5.13 Å². The minimum Gasteiger partial charge on any atom is -0.211 e. The highest BCUT2D eigenvalue weighted by Gasteiger charge is 1.96. The number of isocyanates is 1. The molecule has 1 aromatic heterocycles. The highest BCUT2D eigenvalue weighted by molar-refractivity contribution is 7.18. The van der Waals surface area contributed by atoms with Crippen molar-refractivity contribution in [3.63, 3.8) is 0 Å². The summed E-state index contributed by atoms with van der Waals surface area (Å²) in [5, 5.41) is 7.04. The fourth-order valence-corrected chi connectivity index (χ4v) is 0.924. The molecule has 4 nitrogen and oxygen atoms in total. The minimum atomic E-state index is 0.231. The largest absolute Gasteiger partial charge is 0.243 e. The normalized spacial score (nSPS) is 8.56. The van der Waals surface area contributed by atoms with E-state index in [1.165, 1.54) is 6.08 Å². The first-order valence-corrected chi connectivity index (χ1v) is 3.09. The predicted molar refractivity (Wildman–Crippen MR) is 32.7 cm³/mol. The van der Waals surface area contributed by atoms with Crippen molar-refractivity contribution in [2.75, 3.05) is 0 Å². The fraction of sp³-hybridized carbons (Fsp3) is 0. The summed E-state index contributed by atoms with van der Waals surface area (Å²) >= 11 is 6.38. The number of carbonyl (C=O) groups excluding carboxylic acids is 1. The molecule has 0 amide bonds. The number of aliphatic imine (C=N–C) groups is 1. The topological polar surface area (TPSA) is 55.2 Å². The molecule has 0 aliphatic heterocycles. The monoisotopic (exact) mass is 161 g/mol. The van der Waals surface area contributed by atoms with Gasteiger partial charge in [-0.2, -0.15) is 0 Å². The first kappa shape index (κ1) is 6.35. The van der Waals surface area contributed by atoms with E-state index in [4.69, 9.17) is 11.6 Å². The second-order valence-corrected chi connectivity index (χ2v) is 2.58. The van der Waals surface area contributed by atoms with Gasteiger partial charge in [-0.05, 0) is 11.6 Å². The van der Waals surface area contributed by atoms with Crippen molar-refractivity contribution in [1.29, 1.82) is 0 Å². The Hall–Kier alpha value is -0.770. The Morgan fingerprint density at radius 2 is 2.44 bits per heavy atom. The molecule has 0 N–H and O–H groups in total. The van der Waals surface area contributed by atoms with E-state index in [-0.39, 0.29) is 9.60 Å². The van der Waals surface area contributed by atoms with Gasteiger partial charge in [0.15, 0.2) is 0 Å². The third kappa shape index (κ3) is 1.57. The lowest BCUT2D eigenvalue weighted by molar-refractivity contribution is 0.565. The van der Waals surface area contributed by atoms with Crippen LogP contribution >= 0.6 is 22.9 Å². The second-order valence-electron chi connectivity index (χ2n) is 1.04. The van der Waals surface area contributed by atoms with Gasteiger partial charge in [0.05, 0.1) is 0 Å². The minimum absolute atomic E-state index is 0.231. The third-order valence-electron chi connectivity index (χ3n) is 0.531. The highest BCUT2D eigenvalue weighted by Crippen LogP contribution is 2.20. The van der Waals surface area contributed by atoms with Crippen LogP contribution in [0.2, 0.25) is 4.47 Å². The Morgan fingerprint density at radius 1 is 1.67 bits per heavy atom. The zero-order valence-electron chi connectivity index (χ0n) is 4.04. The molecule has 0 aliphatic carbocycles. The SMILES string of the molecule is O=C=Nc1nnc(Cl)s1. The summed E-state index contributed by atoms with van der Waals surface area (Å²) < 4.78 is 0.268. The van der Waals surface area contributed by atoms with Crippen LogP contribution in [0.25, 0.3) is 0 Å². The van der Waals surface area contributed by atoms with Gasteiger partial charge in [0.1, 0.15) is 0 Å². The smallest absolute Gasteiger partial charge is 0.211 e. The van der Waals surface area contributed by atoms with Gasteiger partial charge < -0.3 is 0 Å². The van der Waals surface area contributed by atoms with E-state index >= 15 is 0 Å². The standard InChI is InChI=1S/C3ClN3OS/c4-2-6-7-3(9-2)5-1-8. The molecule has 46 valence electrons. The number of aromatic nitrogens is 2. The van der Waals surface area contributed by atoms with E-state index in [2.05, 4.69) is 15.2 Å². The molecule has 9 heavy (non-hydrogen) atoms. The summed E-state index contributed by atoms with van der Waals surface area (Å²) in [7, 11) is 0. The van der Waals surface area contributed by atoms with Gasteiger partial charge in [0, 0.05) is 0 Å². The summed E-state index contributed by atoms with van der Waals surface area (Å²) in [5.41, 5.74) is 0. The number of hydrogen-bond acceptors (Lipinski definition) is 5. The van der Waals surface area contributed by atoms with Gasteiger partial charge in [0.2, 0.25) is 15.7 Å². The van der Waals surface area contributed by atoms with Crippen LogP contribution in [-0.2, 0) is 4.79 Å². The van der Waals surface area contributed by atoms with Crippen molar-refractivity contribution in [2.24, 2.45) is 4.99 Å². The van der Waals surface area contributed by atoms with Crippen LogP contribution in [0, 0.1) is 0 Å². The molecule has 0 radical (unpaired) electrons. The summed E-state index contributed by atoms with van der Waals surface area (Å²) in [4.78, 5) is 12.8. The van der Waals surface area contributed by atoms with Crippen LogP contribution < -0.4 is 0 Å². The van der Waals surface area contributed by atoms with Gasteiger partial charge in [-0.1, -0.05) is 11.3 Å². The molecular formula is C3ClN3OS. The molecule has 0 fully saturated rings. The molecule has 0 saturated carbocycles. The maximum absolute atomic E-state index is 9.59. The predicted octanol–water partition coefficient (Wildman–Crippen LogP) is 1.16. The molecule has 6 heteroatoms. The summed E-state index contributed by atoms with van der Waals surface area (Å²) in [6.07, 6.45) is 1.32. The fourth-order valence-electron chi connectivity index (χ4n) is 0.282. The lowest BCUT2D eigenvalue weighted by Crippen LogP contribution is -1.62. The van der Waals surface area contributed by atoms with E-state index in [9.17, 15) is 4.79 Å². The average molecular weight is 162 g/mol. The lowest BCUT2D eigenvalue weighted by Gasteiger charge is -1.65. The average Bonchev–Trinajstić information content (AvgIpc) is 2.17. The first-order valence-electron chi connectivity index (χ1n) is 1.90. The quantitative estimate of drug-likeness (QED) is 0.459. The summed E-state index contributed by atoms with van der Waals surface area (Å²) in [6, 6.07) is 0. The van der Waals surface area contributed by atoms with Crippen LogP contribution in [0.1, 0.15) is 0 Å². The first-order chi connectivity index (χ1) is 4.33. The van der Waals surface area contributed by atoms with Crippen molar-refractivity contribution in [2.45, 2.75) is 0 Å². The second kappa shape index (κ2) is 2.68. The van der Waals surface area contributed by atoms with Crippen molar-refractivity contribution in [1.82, 2.24) is 10.2 Å². The molecular weight excluding hydrogens is 162 g/mol. The molecule has 1 aromatic rings. The van der Waals surface area contributed by atoms with Gasteiger partial charge in [0.25, 0.3) is 0 Å². The Labute approximate surface area is 59.2 Å². The number of halogens is 1. The van der Waals surface area contributed by atoms with Crippen LogP contribution in [-0.4, -0.2) is 16.3 Å². The van der Waals surface area contributed by atoms with E-state index in [1.54, 1.807) is 0 Å². The molecule has 1 heterocycles. The molecule has 0 aliphatic rings. The van der Waals surface area contributed by atoms with E-state index in [0.717, 1.165) is 11.3 Å². The van der Waals surface area contributed by atoms with E-state index < -0.39 is 0 Å². The maximum atomic E-state index is 9.59. The molecule has 0 saturated heterocycles. The van der Waals surface area contributed by atoms with Crippen molar-refractivity contribution >= 4 is 34.1 Å². The molecule has 0 unspecified atom stereocenters. The van der Waals surface area contributed by atoms with Crippen molar-refractivity contribution < 1.29 is 4.79 Å².